The number of pyridine rings is 3. The SMILES string of the molecule is N#C[S-].N#C[S-].O=C(O)c1ccc(N=Cc2cc(C(=O)O)ccn2)cc1.O=C(O)c1ccnc(-c2cc(C(=O)O)ccn2)c1.[Ru+2]. The molecule has 0 aliphatic rings. The molecule has 0 spiro atoms. The molecule has 45 heavy (non-hydrogen) atoms. The summed E-state index contributed by atoms with van der Waals surface area (Å²) >= 11 is 7.40. The fourth-order valence-corrected chi connectivity index (χ4v) is 2.89. The molecule has 3 heterocycles. The van der Waals surface area contributed by atoms with E-state index in [2.05, 4.69) is 45.2 Å². The number of carbonyl (C=O) groups is 4. The van der Waals surface area contributed by atoms with Gasteiger partial charge in [-0.1, -0.05) is 10.8 Å². The molecule has 4 aromatic rings. The van der Waals surface area contributed by atoms with Gasteiger partial charge in [0.25, 0.3) is 0 Å². The maximum atomic E-state index is 10.8. The fourth-order valence-electron chi connectivity index (χ4n) is 2.89. The molecule has 228 valence electrons. The molecule has 0 unspecified atom stereocenters. The van der Waals surface area contributed by atoms with E-state index >= 15 is 0 Å². The van der Waals surface area contributed by atoms with E-state index in [0.29, 0.717) is 22.8 Å². The molecule has 0 saturated heterocycles. The van der Waals surface area contributed by atoms with Crippen molar-refractivity contribution < 1.29 is 59.1 Å². The van der Waals surface area contributed by atoms with Crippen molar-refractivity contribution in [3.05, 3.63) is 107 Å². The minimum atomic E-state index is -1.08. The molecule has 1 aromatic carbocycles. The van der Waals surface area contributed by atoms with Gasteiger partial charge in [-0.05, 0) is 60.7 Å². The van der Waals surface area contributed by atoms with E-state index in [9.17, 15) is 19.2 Å². The summed E-state index contributed by atoms with van der Waals surface area (Å²) in [4.78, 5) is 59.2. The van der Waals surface area contributed by atoms with Crippen molar-refractivity contribution in [1.29, 1.82) is 10.5 Å². The van der Waals surface area contributed by atoms with Crippen molar-refractivity contribution in [1.82, 2.24) is 15.0 Å². The molecule has 17 heteroatoms. The summed E-state index contributed by atoms with van der Waals surface area (Å²) in [6.07, 6.45) is 5.49. The number of thiocyanates is 2. The topological polar surface area (TPSA) is 248 Å². The Kier molecular flexibility index (Phi) is 18.3. The van der Waals surface area contributed by atoms with E-state index in [0.717, 1.165) is 0 Å². The van der Waals surface area contributed by atoms with Crippen LogP contribution in [0.1, 0.15) is 47.1 Å². The van der Waals surface area contributed by atoms with Gasteiger partial charge in [-0.15, -0.1) is 0 Å². The van der Waals surface area contributed by atoms with Crippen molar-refractivity contribution in [2.24, 2.45) is 4.99 Å². The van der Waals surface area contributed by atoms with Crippen LogP contribution < -0.4 is 0 Å². The molecule has 0 amide bonds. The van der Waals surface area contributed by atoms with Gasteiger partial charge in [0.15, 0.2) is 0 Å². The molecule has 0 atom stereocenters. The molecule has 0 bridgehead atoms. The van der Waals surface area contributed by atoms with E-state index in [4.69, 9.17) is 30.9 Å². The number of nitriles is 2. The normalized spacial score (nSPS) is 9.02. The van der Waals surface area contributed by atoms with Crippen molar-refractivity contribution >= 4 is 61.0 Å². The number of hydrogen-bond donors (Lipinski definition) is 4. The van der Waals surface area contributed by atoms with E-state index in [1.54, 1.807) is 12.1 Å². The average Bonchev–Trinajstić information content (AvgIpc) is 3.01. The fraction of sp³-hybridized carbons (Fsp3) is 0. The van der Waals surface area contributed by atoms with Crippen LogP contribution in [-0.2, 0) is 44.7 Å². The largest absolute Gasteiger partial charge is 2.00 e. The first-order valence-corrected chi connectivity index (χ1v) is 12.3. The minimum absolute atomic E-state index is 0. The Morgan fingerprint density at radius 3 is 1.36 bits per heavy atom. The third-order valence-electron chi connectivity index (χ3n) is 4.76. The third kappa shape index (κ3) is 14.3. The molecule has 14 nitrogen and oxygen atoms in total. The zero-order valence-electron chi connectivity index (χ0n) is 22.4. The maximum Gasteiger partial charge on any atom is 2.00 e. The molecule has 0 aliphatic heterocycles. The number of carboxylic acids is 4. The number of hydrogen-bond acceptors (Lipinski definition) is 12. The second-order valence-electron chi connectivity index (χ2n) is 7.54. The third-order valence-corrected chi connectivity index (χ3v) is 4.76. The Bertz CT molecular complexity index is 1670. The quantitative estimate of drug-likeness (QED) is 0.0914. The van der Waals surface area contributed by atoms with Crippen LogP contribution in [-0.4, -0.2) is 65.5 Å². The maximum absolute atomic E-state index is 10.8. The van der Waals surface area contributed by atoms with Gasteiger partial charge in [-0.25, -0.2) is 29.7 Å². The van der Waals surface area contributed by atoms with Gasteiger partial charge >= 0.3 is 43.4 Å². The van der Waals surface area contributed by atoms with Gasteiger partial charge in [0, 0.05) is 18.6 Å². The summed E-state index contributed by atoms with van der Waals surface area (Å²) in [6.45, 7) is 0. The van der Waals surface area contributed by atoms with Gasteiger partial charge in [0.05, 0.1) is 51.2 Å². The van der Waals surface area contributed by atoms with Gasteiger partial charge in [-0.2, -0.15) is 0 Å². The summed E-state index contributed by atoms with van der Waals surface area (Å²) < 4.78 is 0. The van der Waals surface area contributed by atoms with E-state index in [1.165, 1.54) is 84.1 Å². The Balaban J connectivity index is 0.000000721. The summed E-state index contributed by atoms with van der Waals surface area (Å²) in [6, 6.07) is 14.2. The Morgan fingerprint density at radius 1 is 0.622 bits per heavy atom. The average molecular weight is 732 g/mol. The van der Waals surface area contributed by atoms with Crippen molar-refractivity contribution in [2.75, 3.05) is 0 Å². The predicted molar refractivity (Wildman–Crippen MR) is 159 cm³/mol. The molecule has 0 aliphatic carbocycles. The Hall–Kier alpha value is -5.74. The summed E-state index contributed by atoms with van der Waals surface area (Å²) in [7, 11) is 0. The van der Waals surface area contributed by atoms with Gasteiger partial charge in [0.1, 0.15) is 0 Å². The first kappa shape index (κ1) is 39.3. The molecule has 0 fully saturated rings. The van der Waals surface area contributed by atoms with Crippen LogP contribution in [0.2, 0.25) is 0 Å². The van der Waals surface area contributed by atoms with Gasteiger partial charge < -0.3 is 45.7 Å². The summed E-state index contributed by atoms with van der Waals surface area (Å²) in [5.74, 6) is -4.19. The molecule has 4 rings (SSSR count). The Morgan fingerprint density at radius 2 is 0.978 bits per heavy atom. The molecule has 4 N–H and O–H groups in total. The minimum Gasteiger partial charge on any atom is -0.696 e. The van der Waals surface area contributed by atoms with Crippen LogP contribution in [0.3, 0.4) is 0 Å². The molecule has 3 aromatic heterocycles. The van der Waals surface area contributed by atoms with E-state index in [1.807, 2.05) is 0 Å². The number of rotatable bonds is 7. The van der Waals surface area contributed by atoms with Gasteiger partial charge in [-0.3, -0.25) is 19.9 Å². The van der Waals surface area contributed by atoms with Crippen molar-refractivity contribution in [2.45, 2.75) is 0 Å². The monoisotopic (exact) mass is 732 g/mol. The van der Waals surface area contributed by atoms with Crippen LogP contribution >= 0.6 is 0 Å². The Labute approximate surface area is 279 Å². The van der Waals surface area contributed by atoms with Crippen molar-refractivity contribution in [3.63, 3.8) is 0 Å². The van der Waals surface area contributed by atoms with Crippen LogP contribution in [0.25, 0.3) is 11.4 Å². The number of aliphatic imine (C=N–C) groups is 1. The van der Waals surface area contributed by atoms with Crippen molar-refractivity contribution in [3.8, 4) is 22.2 Å². The molecule has 0 saturated carbocycles. The van der Waals surface area contributed by atoms with Crippen LogP contribution in [0.4, 0.5) is 5.69 Å². The van der Waals surface area contributed by atoms with Crippen LogP contribution in [0.5, 0.6) is 0 Å². The summed E-state index contributed by atoms with van der Waals surface area (Å²) in [5, 5.41) is 52.3. The number of benzene rings is 1. The van der Waals surface area contributed by atoms with E-state index < -0.39 is 23.9 Å². The second kappa shape index (κ2) is 21.0. The smallest absolute Gasteiger partial charge is 0.696 e. The standard InChI is InChI=1S/C14H10N2O4.C12H8N2O4.2CHNS.Ru/c17-13(18)9-1-3-11(4-2-9)16-8-12-7-10(14(19)20)5-6-15-12;15-11(16)7-1-3-13-9(5-7)10-6-8(12(17)18)2-4-14-10;2*2-1-3;/h1-8H,(H,17,18)(H,19,20);1-6H,(H,15,16)(H,17,18);2*3H;/q;;;;+2/p-2. The summed E-state index contributed by atoms with van der Waals surface area (Å²) in [5.41, 5.74) is 2.04. The predicted octanol–water partition coefficient (Wildman–Crippen LogP) is 3.79. The molecular formula is C28H18N6O8RuS2. The second-order valence-corrected chi connectivity index (χ2v) is 7.90. The van der Waals surface area contributed by atoms with E-state index in [-0.39, 0.29) is 41.7 Å². The first-order chi connectivity index (χ1) is 21.0. The molecular weight excluding hydrogens is 714 g/mol. The molecule has 0 radical (unpaired) electrons. The first-order valence-electron chi connectivity index (χ1n) is 11.5. The number of carboxylic acid groups (broad SMARTS) is 4. The van der Waals surface area contributed by atoms with Gasteiger partial charge in [0.2, 0.25) is 0 Å². The van der Waals surface area contributed by atoms with Crippen LogP contribution in [0.15, 0.2) is 84.2 Å². The van der Waals surface area contributed by atoms with Crippen LogP contribution in [0, 0.1) is 21.3 Å². The zero-order chi connectivity index (χ0) is 33.1. The zero-order valence-corrected chi connectivity index (χ0v) is 25.7. The number of nitrogens with zero attached hydrogens (tertiary/aromatic N) is 6. The number of aromatic nitrogens is 3. The number of aromatic carboxylic acids is 4.